The third kappa shape index (κ3) is 2.72. The molecule has 0 saturated carbocycles. The molecule has 0 atom stereocenters. The molecule has 0 bridgehead atoms. The topological polar surface area (TPSA) is 32.8 Å². The normalized spacial score (nSPS) is 17.9. The minimum Gasteiger partial charge on any atom is -0.383 e. The average molecular weight is 212 g/mol. The number of rotatable bonds is 4. The van der Waals surface area contributed by atoms with E-state index in [1.165, 1.54) is 0 Å². The van der Waals surface area contributed by atoms with Crippen molar-refractivity contribution in [1.29, 1.82) is 0 Å². The number of nitrogens with zero attached hydrogens (tertiary/aromatic N) is 2. The van der Waals surface area contributed by atoms with Gasteiger partial charge in [0.2, 0.25) is 0 Å². The summed E-state index contributed by atoms with van der Waals surface area (Å²) in [6.07, 6.45) is 0. The Hall–Kier alpha value is -1.03. The molecule has 1 amide bonds. The standard InChI is InChI=1S/C11H20N2O2/c1-9(2)13-6-5-12(7-8-15-4)10(3)11(13)14/h9H,3,5-8H2,1-2,4H3. The first kappa shape index (κ1) is 12.0. The van der Waals surface area contributed by atoms with Gasteiger partial charge in [-0.25, -0.2) is 0 Å². The summed E-state index contributed by atoms with van der Waals surface area (Å²) in [5.74, 6) is 0.0485. The second-order valence-electron chi connectivity index (χ2n) is 4.02. The van der Waals surface area contributed by atoms with E-state index in [0.29, 0.717) is 12.3 Å². The van der Waals surface area contributed by atoms with Gasteiger partial charge in [-0.3, -0.25) is 4.79 Å². The zero-order valence-electron chi connectivity index (χ0n) is 9.82. The highest BCUT2D eigenvalue weighted by molar-refractivity contribution is 5.93. The lowest BCUT2D eigenvalue weighted by Crippen LogP contribution is -2.51. The van der Waals surface area contributed by atoms with Gasteiger partial charge in [0, 0.05) is 32.8 Å². The summed E-state index contributed by atoms with van der Waals surface area (Å²) < 4.78 is 4.99. The molecule has 0 aromatic carbocycles. The van der Waals surface area contributed by atoms with Gasteiger partial charge in [0.05, 0.1) is 12.3 Å². The first-order chi connectivity index (χ1) is 7.07. The molecule has 0 unspecified atom stereocenters. The van der Waals surface area contributed by atoms with Crippen LogP contribution in [0.3, 0.4) is 0 Å². The van der Waals surface area contributed by atoms with E-state index >= 15 is 0 Å². The van der Waals surface area contributed by atoms with Gasteiger partial charge < -0.3 is 14.5 Å². The van der Waals surface area contributed by atoms with Crippen LogP contribution in [-0.2, 0) is 9.53 Å². The van der Waals surface area contributed by atoms with E-state index in [9.17, 15) is 4.79 Å². The molecule has 1 rings (SSSR count). The van der Waals surface area contributed by atoms with Crippen molar-refractivity contribution in [2.45, 2.75) is 19.9 Å². The number of ether oxygens (including phenoxy) is 1. The van der Waals surface area contributed by atoms with Crippen molar-refractivity contribution in [2.75, 3.05) is 33.4 Å². The Kier molecular flexibility index (Phi) is 4.15. The Labute approximate surface area is 91.5 Å². The second-order valence-corrected chi connectivity index (χ2v) is 4.02. The molecule has 0 aromatic heterocycles. The largest absolute Gasteiger partial charge is 0.383 e. The molecule has 1 saturated heterocycles. The molecule has 4 heteroatoms. The first-order valence-corrected chi connectivity index (χ1v) is 5.31. The number of methoxy groups -OCH3 is 1. The predicted molar refractivity (Wildman–Crippen MR) is 59.4 cm³/mol. The molecule has 1 aliphatic heterocycles. The van der Waals surface area contributed by atoms with Gasteiger partial charge in [-0.05, 0) is 13.8 Å². The lowest BCUT2D eigenvalue weighted by molar-refractivity contribution is -0.133. The fraction of sp³-hybridized carbons (Fsp3) is 0.727. The van der Waals surface area contributed by atoms with Gasteiger partial charge in [-0.15, -0.1) is 0 Å². The lowest BCUT2D eigenvalue weighted by Gasteiger charge is -2.38. The van der Waals surface area contributed by atoms with Gasteiger partial charge in [-0.1, -0.05) is 6.58 Å². The summed E-state index contributed by atoms with van der Waals surface area (Å²) in [6, 6.07) is 0.249. The molecule has 0 N–H and O–H groups in total. The number of hydrogen-bond acceptors (Lipinski definition) is 3. The van der Waals surface area contributed by atoms with E-state index in [4.69, 9.17) is 4.74 Å². The number of carbonyl (C=O) groups excluding carboxylic acids is 1. The number of carbonyl (C=O) groups is 1. The van der Waals surface area contributed by atoms with Crippen molar-refractivity contribution in [3.63, 3.8) is 0 Å². The van der Waals surface area contributed by atoms with Gasteiger partial charge in [0.15, 0.2) is 0 Å². The van der Waals surface area contributed by atoms with E-state index in [0.717, 1.165) is 19.6 Å². The van der Waals surface area contributed by atoms with Crippen LogP contribution in [0.25, 0.3) is 0 Å². The van der Waals surface area contributed by atoms with Gasteiger partial charge in [-0.2, -0.15) is 0 Å². The van der Waals surface area contributed by atoms with Crippen LogP contribution in [0.1, 0.15) is 13.8 Å². The molecule has 0 aliphatic carbocycles. The number of piperazine rings is 1. The van der Waals surface area contributed by atoms with Crippen LogP contribution < -0.4 is 0 Å². The zero-order chi connectivity index (χ0) is 11.4. The maximum absolute atomic E-state index is 11.9. The van der Waals surface area contributed by atoms with Crippen LogP contribution in [0.2, 0.25) is 0 Å². The number of hydrogen-bond donors (Lipinski definition) is 0. The molecule has 1 heterocycles. The average Bonchev–Trinajstić information content (AvgIpc) is 2.20. The van der Waals surface area contributed by atoms with E-state index in [-0.39, 0.29) is 11.9 Å². The maximum Gasteiger partial charge on any atom is 0.269 e. The molecule has 1 aliphatic rings. The lowest BCUT2D eigenvalue weighted by atomic mass is 10.2. The summed E-state index contributed by atoms with van der Waals surface area (Å²) in [6.45, 7) is 10.9. The minimum atomic E-state index is 0.0485. The molecule has 86 valence electrons. The van der Waals surface area contributed by atoms with Crippen molar-refractivity contribution in [2.24, 2.45) is 0 Å². The summed E-state index contributed by atoms with van der Waals surface area (Å²) in [5, 5.41) is 0. The predicted octanol–water partition coefficient (Wildman–Crippen LogP) is 0.699. The van der Waals surface area contributed by atoms with Crippen LogP contribution >= 0.6 is 0 Å². The highest BCUT2D eigenvalue weighted by Crippen LogP contribution is 2.15. The van der Waals surface area contributed by atoms with E-state index in [1.54, 1.807) is 7.11 Å². The molecular weight excluding hydrogens is 192 g/mol. The zero-order valence-corrected chi connectivity index (χ0v) is 9.82. The first-order valence-electron chi connectivity index (χ1n) is 5.31. The summed E-state index contributed by atoms with van der Waals surface area (Å²) in [7, 11) is 1.66. The van der Waals surface area contributed by atoms with Crippen LogP contribution in [0.4, 0.5) is 0 Å². The second kappa shape index (κ2) is 5.16. The van der Waals surface area contributed by atoms with Crippen molar-refractivity contribution >= 4 is 5.91 Å². The van der Waals surface area contributed by atoms with Crippen molar-refractivity contribution in [3.8, 4) is 0 Å². The molecule has 15 heavy (non-hydrogen) atoms. The Morgan fingerprint density at radius 2 is 2.13 bits per heavy atom. The van der Waals surface area contributed by atoms with E-state index in [2.05, 4.69) is 6.58 Å². The number of amides is 1. The Morgan fingerprint density at radius 3 is 2.67 bits per heavy atom. The summed E-state index contributed by atoms with van der Waals surface area (Å²) in [5.41, 5.74) is 0.590. The monoisotopic (exact) mass is 212 g/mol. The third-order valence-corrected chi connectivity index (χ3v) is 2.69. The quantitative estimate of drug-likeness (QED) is 0.643. The fourth-order valence-electron chi connectivity index (χ4n) is 1.71. The molecular formula is C11H20N2O2. The SMILES string of the molecule is C=C1C(=O)N(C(C)C)CCN1CCOC. The van der Waals surface area contributed by atoms with E-state index < -0.39 is 0 Å². The summed E-state index contributed by atoms with van der Waals surface area (Å²) >= 11 is 0. The Morgan fingerprint density at radius 1 is 1.47 bits per heavy atom. The smallest absolute Gasteiger partial charge is 0.269 e. The van der Waals surface area contributed by atoms with Crippen LogP contribution in [0, 0.1) is 0 Å². The molecule has 0 radical (unpaired) electrons. The van der Waals surface area contributed by atoms with Crippen LogP contribution in [-0.4, -0.2) is 55.1 Å². The van der Waals surface area contributed by atoms with Crippen molar-refractivity contribution in [1.82, 2.24) is 9.80 Å². The Bertz CT molecular complexity index is 251. The molecule has 4 nitrogen and oxygen atoms in total. The Balaban J connectivity index is 2.57. The summed E-state index contributed by atoms with van der Waals surface area (Å²) in [4.78, 5) is 15.7. The fourth-order valence-corrected chi connectivity index (χ4v) is 1.71. The van der Waals surface area contributed by atoms with E-state index in [1.807, 2.05) is 23.6 Å². The third-order valence-electron chi connectivity index (χ3n) is 2.69. The minimum absolute atomic E-state index is 0.0485. The highest BCUT2D eigenvalue weighted by atomic mass is 16.5. The maximum atomic E-state index is 11.9. The van der Waals surface area contributed by atoms with Crippen molar-refractivity contribution < 1.29 is 9.53 Å². The molecule has 0 spiro atoms. The van der Waals surface area contributed by atoms with Gasteiger partial charge in [0.25, 0.3) is 5.91 Å². The highest BCUT2D eigenvalue weighted by Gasteiger charge is 2.28. The molecule has 0 aromatic rings. The van der Waals surface area contributed by atoms with Gasteiger partial charge in [0.1, 0.15) is 0 Å². The van der Waals surface area contributed by atoms with Gasteiger partial charge >= 0.3 is 0 Å². The van der Waals surface area contributed by atoms with Crippen LogP contribution in [0.15, 0.2) is 12.3 Å². The van der Waals surface area contributed by atoms with Crippen molar-refractivity contribution in [3.05, 3.63) is 12.3 Å². The molecule has 1 fully saturated rings. The van der Waals surface area contributed by atoms with Crippen LogP contribution in [0.5, 0.6) is 0 Å².